The fraction of sp³-hybridized carbons (Fsp3) is 0.500. The van der Waals surface area contributed by atoms with Gasteiger partial charge in [-0.15, -0.1) is 0 Å². The minimum Gasteiger partial charge on any atom is -0.455 e. The summed E-state index contributed by atoms with van der Waals surface area (Å²) in [4.78, 5) is 48.6. The van der Waals surface area contributed by atoms with Crippen LogP contribution in [0.25, 0.3) is 11.2 Å². The molecule has 1 aliphatic heterocycles. The quantitative estimate of drug-likeness (QED) is 0.156. The topological polar surface area (TPSA) is 190 Å². The monoisotopic (exact) mass is 639 g/mol. The summed E-state index contributed by atoms with van der Waals surface area (Å²) < 4.78 is 54.9. The molecule has 0 saturated carbocycles. The molecule has 17 heteroatoms. The molecular weight excluding hydrogens is 606 g/mol. The van der Waals surface area contributed by atoms with Gasteiger partial charge in [-0.2, -0.15) is 13.4 Å². The molecule has 15 nitrogen and oxygen atoms in total. The first-order valence-corrected chi connectivity index (χ1v) is 16.1. The van der Waals surface area contributed by atoms with Crippen LogP contribution in [0.4, 0.5) is 5.95 Å². The second-order valence-electron chi connectivity index (χ2n) is 10.1. The zero-order chi connectivity index (χ0) is 31.4. The Morgan fingerprint density at radius 3 is 2.58 bits per heavy atom. The standard InChI is InChI=1S/C26H33N5O10S2/c1-15(2)22(33)29-25-28-21-18(23(34)30-25)27-14-31(21)24-19(40-16(3)32)20(37-11-17-9-7-6-8-10-17)26(41-24,12-38-42-4)13-39-43(5,35)36/h6-10,14-15,19-20,24H,11-13H2,1-5H3,(H2,28,29,30,33,34)/t19-,20+,24-,26-/m1/s1. The number of aromatic amines is 1. The van der Waals surface area contributed by atoms with E-state index in [1.165, 1.54) is 17.8 Å². The minimum absolute atomic E-state index is 0.00242. The van der Waals surface area contributed by atoms with E-state index in [0.717, 1.165) is 23.9 Å². The number of hydrogen-bond acceptors (Lipinski definition) is 13. The SMILES string of the molecule is CSOC[C@]1(COS(C)(=O)=O)O[C@@H](n2cnc3c(=O)[nH]c(NC(=O)C(C)C)nc32)[C@H](OC(C)=O)[C@@H]1OCc1ccccc1. The number of nitrogens with zero attached hydrogens (tertiary/aromatic N) is 3. The molecule has 3 aromatic rings. The fourth-order valence-electron chi connectivity index (χ4n) is 4.43. The van der Waals surface area contributed by atoms with Crippen LogP contribution in [-0.4, -0.2) is 83.3 Å². The maximum atomic E-state index is 12.9. The number of imidazole rings is 1. The Labute approximate surface area is 251 Å². The molecule has 0 radical (unpaired) electrons. The summed E-state index contributed by atoms with van der Waals surface area (Å²) in [6, 6.07) is 9.14. The highest BCUT2D eigenvalue weighted by atomic mass is 32.2. The summed E-state index contributed by atoms with van der Waals surface area (Å²) in [5.74, 6) is -1.59. The number of esters is 1. The van der Waals surface area contributed by atoms with Crippen LogP contribution in [-0.2, 0) is 48.9 Å². The lowest BCUT2D eigenvalue weighted by molar-refractivity contribution is -0.159. The van der Waals surface area contributed by atoms with Gasteiger partial charge < -0.3 is 18.4 Å². The number of fused-ring (bicyclic) bond motifs is 1. The maximum Gasteiger partial charge on any atom is 0.303 e. The third kappa shape index (κ3) is 7.79. The number of hydrogen-bond donors (Lipinski definition) is 2. The van der Waals surface area contributed by atoms with Crippen LogP contribution in [0.3, 0.4) is 0 Å². The van der Waals surface area contributed by atoms with Crippen molar-refractivity contribution in [2.24, 2.45) is 5.92 Å². The molecule has 1 fully saturated rings. The summed E-state index contributed by atoms with van der Waals surface area (Å²) in [6.07, 6.45) is 0.203. The summed E-state index contributed by atoms with van der Waals surface area (Å²) in [5, 5.41) is 2.55. The molecule has 2 N–H and O–H groups in total. The molecule has 2 aromatic heterocycles. The average molecular weight is 640 g/mol. The molecule has 234 valence electrons. The lowest BCUT2D eigenvalue weighted by Crippen LogP contribution is -2.52. The van der Waals surface area contributed by atoms with Gasteiger partial charge in [-0.05, 0) is 17.6 Å². The summed E-state index contributed by atoms with van der Waals surface area (Å²) in [6.45, 7) is 3.79. The number of H-pyrrole nitrogens is 1. The van der Waals surface area contributed by atoms with Gasteiger partial charge in [0.15, 0.2) is 23.5 Å². The van der Waals surface area contributed by atoms with Crippen molar-refractivity contribution in [3.8, 4) is 0 Å². The molecule has 1 amide bonds. The second kappa shape index (κ2) is 13.5. The molecule has 1 saturated heterocycles. The highest BCUT2D eigenvalue weighted by Crippen LogP contribution is 2.43. The van der Waals surface area contributed by atoms with Crippen LogP contribution >= 0.6 is 12.0 Å². The number of ether oxygens (including phenoxy) is 3. The van der Waals surface area contributed by atoms with Gasteiger partial charge in [0.05, 0.1) is 25.8 Å². The summed E-state index contributed by atoms with van der Waals surface area (Å²) >= 11 is 1.000. The number of anilines is 1. The van der Waals surface area contributed by atoms with Crippen molar-refractivity contribution in [3.05, 3.63) is 52.6 Å². The molecule has 0 spiro atoms. The van der Waals surface area contributed by atoms with Crippen LogP contribution in [0.15, 0.2) is 41.5 Å². The predicted molar refractivity (Wildman–Crippen MR) is 155 cm³/mol. The van der Waals surface area contributed by atoms with E-state index in [0.29, 0.717) is 0 Å². The number of aromatic nitrogens is 4. The van der Waals surface area contributed by atoms with Gasteiger partial charge in [-0.1, -0.05) is 44.2 Å². The van der Waals surface area contributed by atoms with Crippen molar-refractivity contribution < 1.29 is 40.6 Å². The minimum atomic E-state index is -3.96. The molecule has 1 aliphatic rings. The van der Waals surface area contributed by atoms with Gasteiger partial charge in [0.2, 0.25) is 11.9 Å². The van der Waals surface area contributed by atoms with Gasteiger partial charge >= 0.3 is 5.97 Å². The van der Waals surface area contributed by atoms with E-state index in [2.05, 4.69) is 20.3 Å². The highest BCUT2D eigenvalue weighted by molar-refractivity contribution is 7.93. The van der Waals surface area contributed by atoms with Crippen LogP contribution in [0.2, 0.25) is 0 Å². The number of nitrogens with one attached hydrogen (secondary N) is 2. The second-order valence-corrected chi connectivity index (χ2v) is 12.4. The zero-order valence-electron chi connectivity index (χ0n) is 24.1. The highest BCUT2D eigenvalue weighted by Gasteiger charge is 2.60. The third-order valence-electron chi connectivity index (χ3n) is 6.44. The molecule has 0 bridgehead atoms. The zero-order valence-corrected chi connectivity index (χ0v) is 25.8. The van der Waals surface area contributed by atoms with Crippen molar-refractivity contribution in [1.29, 1.82) is 0 Å². The van der Waals surface area contributed by atoms with Crippen LogP contribution in [0, 0.1) is 5.92 Å². The van der Waals surface area contributed by atoms with Crippen LogP contribution in [0.1, 0.15) is 32.6 Å². The van der Waals surface area contributed by atoms with Crippen LogP contribution in [0.5, 0.6) is 0 Å². The maximum absolute atomic E-state index is 12.9. The van der Waals surface area contributed by atoms with E-state index in [4.69, 9.17) is 22.6 Å². The van der Waals surface area contributed by atoms with Crippen molar-refractivity contribution in [1.82, 2.24) is 19.5 Å². The smallest absolute Gasteiger partial charge is 0.303 e. The lowest BCUT2D eigenvalue weighted by Gasteiger charge is -2.33. The lowest BCUT2D eigenvalue weighted by atomic mass is 9.96. The van der Waals surface area contributed by atoms with Crippen molar-refractivity contribution >= 4 is 51.1 Å². The molecular formula is C26H33N5O10S2. The van der Waals surface area contributed by atoms with Gasteiger partial charge in [0.1, 0.15) is 18.3 Å². The van der Waals surface area contributed by atoms with Gasteiger partial charge in [0, 0.05) is 19.1 Å². The normalized spacial score (nSPS) is 22.2. The van der Waals surface area contributed by atoms with E-state index in [9.17, 15) is 22.8 Å². The summed E-state index contributed by atoms with van der Waals surface area (Å²) in [5.41, 5.74) is -1.59. The van der Waals surface area contributed by atoms with Gasteiger partial charge in [-0.3, -0.25) is 33.4 Å². The van der Waals surface area contributed by atoms with Crippen LogP contribution < -0.4 is 10.9 Å². The first-order chi connectivity index (χ1) is 20.3. The van der Waals surface area contributed by atoms with E-state index in [1.54, 1.807) is 20.1 Å². The predicted octanol–water partition coefficient (Wildman–Crippen LogP) is 1.77. The molecule has 1 aromatic carbocycles. The molecule has 4 atom stereocenters. The molecule has 3 heterocycles. The number of benzene rings is 1. The van der Waals surface area contributed by atoms with E-state index < -0.39 is 58.2 Å². The van der Waals surface area contributed by atoms with E-state index >= 15 is 0 Å². The number of carbonyl (C=O) groups is 2. The Morgan fingerprint density at radius 2 is 1.95 bits per heavy atom. The van der Waals surface area contributed by atoms with Gasteiger partial charge in [0.25, 0.3) is 15.7 Å². The Morgan fingerprint density at radius 1 is 1.23 bits per heavy atom. The number of carbonyl (C=O) groups excluding carboxylic acids is 2. The first kappa shape index (κ1) is 32.6. The van der Waals surface area contributed by atoms with Crippen molar-refractivity contribution in [2.75, 3.05) is 31.0 Å². The van der Waals surface area contributed by atoms with Gasteiger partial charge in [-0.25, -0.2) is 4.98 Å². The Hall–Kier alpha value is -3.35. The fourth-order valence-corrected chi connectivity index (χ4v) is 5.16. The number of rotatable bonds is 13. The Bertz CT molecular complexity index is 1610. The number of amides is 1. The molecule has 43 heavy (non-hydrogen) atoms. The first-order valence-electron chi connectivity index (χ1n) is 13.1. The Balaban J connectivity index is 1.84. The molecule has 0 aliphatic carbocycles. The average Bonchev–Trinajstić information content (AvgIpc) is 3.49. The third-order valence-corrected chi connectivity index (χ3v) is 7.34. The summed E-state index contributed by atoms with van der Waals surface area (Å²) in [7, 11) is -3.96. The van der Waals surface area contributed by atoms with E-state index in [1.807, 2.05) is 30.3 Å². The molecule has 0 unspecified atom stereocenters. The Kier molecular flexibility index (Phi) is 10.2. The molecule has 4 rings (SSSR count). The van der Waals surface area contributed by atoms with E-state index in [-0.39, 0.29) is 36.2 Å². The van der Waals surface area contributed by atoms with Crippen molar-refractivity contribution in [3.63, 3.8) is 0 Å². The largest absolute Gasteiger partial charge is 0.455 e. The van der Waals surface area contributed by atoms with Crippen molar-refractivity contribution in [2.45, 2.75) is 51.4 Å².